The van der Waals surface area contributed by atoms with Gasteiger partial charge in [0.2, 0.25) is 5.91 Å². The molecule has 1 fully saturated rings. The van der Waals surface area contributed by atoms with Crippen LogP contribution in [0.1, 0.15) is 19.8 Å². The molecule has 1 rings (SSSR count). The standard InChI is InChI=1S/C10H20N2O2/c1-8(9(13)12(2)3)10(14)4-6-11-7-5-10/h8,11,14H,4-7H2,1-3H3. The largest absolute Gasteiger partial charge is 0.389 e. The predicted molar refractivity (Wildman–Crippen MR) is 54.9 cm³/mol. The summed E-state index contributed by atoms with van der Waals surface area (Å²) in [5.74, 6) is -0.297. The first-order chi connectivity index (χ1) is 6.47. The Kier molecular flexibility index (Phi) is 3.50. The summed E-state index contributed by atoms with van der Waals surface area (Å²) in [5, 5.41) is 13.4. The van der Waals surface area contributed by atoms with Crippen LogP contribution in [-0.2, 0) is 4.79 Å². The summed E-state index contributed by atoms with van der Waals surface area (Å²) >= 11 is 0. The number of piperidine rings is 1. The average molecular weight is 200 g/mol. The highest BCUT2D eigenvalue weighted by atomic mass is 16.3. The van der Waals surface area contributed by atoms with E-state index in [-0.39, 0.29) is 11.8 Å². The third-order valence-electron chi connectivity index (χ3n) is 3.09. The maximum atomic E-state index is 11.7. The average Bonchev–Trinajstić information content (AvgIpc) is 2.16. The smallest absolute Gasteiger partial charge is 0.227 e. The molecule has 0 aromatic carbocycles. The first-order valence-corrected chi connectivity index (χ1v) is 5.11. The van der Waals surface area contributed by atoms with Crippen molar-refractivity contribution in [1.29, 1.82) is 0 Å². The van der Waals surface area contributed by atoms with Crippen LogP contribution in [0.5, 0.6) is 0 Å². The molecule has 0 bridgehead atoms. The molecule has 1 heterocycles. The number of hydrogen-bond donors (Lipinski definition) is 2. The van der Waals surface area contributed by atoms with Gasteiger partial charge in [-0.05, 0) is 25.9 Å². The highest BCUT2D eigenvalue weighted by Crippen LogP contribution is 2.28. The van der Waals surface area contributed by atoms with Gasteiger partial charge < -0.3 is 15.3 Å². The zero-order valence-electron chi connectivity index (χ0n) is 9.21. The lowest BCUT2D eigenvalue weighted by Gasteiger charge is -2.37. The second-order valence-corrected chi connectivity index (χ2v) is 4.31. The topological polar surface area (TPSA) is 52.6 Å². The van der Waals surface area contributed by atoms with E-state index in [1.807, 2.05) is 6.92 Å². The lowest BCUT2D eigenvalue weighted by atomic mass is 9.80. The minimum atomic E-state index is -0.813. The van der Waals surface area contributed by atoms with Crippen LogP contribution in [0.4, 0.5) is 0 Å². The molecule has 2 N–H and O–H groups in total. The van der Waals surface area contributed by atoms with Gasteiger partial charge in [-0.25, -0.2) is 0 Å². The third-order valence-corrected chi connectivity index (χ3v) is 3.09. The van der Waals surface area contributed by atoms with Gasteiger partial charge in [-0.15, -0.1) is 0 Å². The maximum absolute atomic E-state index is 11.7. The molecule has 1 unspecified atom stereocenters. The Morgan fingerprint density at radius 3 is 2.36 bits per heavy atom. The number of carbonyl (C=O) groups excluding carboxylic acids is 1. The van der Waals surface area contributed by atoms with Crippen LogP contribution in [0.15, 0.2) is 0 Å². The molecule has 0 aromatic heterocycles. The summed E-state index contributed by atoms with van der Waals surface area (Å²) in [6.45, 7) is 3.40. The van der Waals surface area contributed by atoms with E-state index in [9.17, 15) is 9.90 Å². The summed E-state index contributed by atoms with van der Waals surface area (Å²) in [7, 11) is 3.45. The van der Waals surface area contributed by atoms with Crippen LogP contribution in [0.25, 0.3) is 0 Å². The fraction of sp³-hybridized carbons (Fsp3) is 0.900. The van der Waals surface area contributed by atoms with Gasteiger partial charge in [0.15, 0.2) is 0 Å². The van der Waals surface area contributed by atoms with Crippen molar-refractivity contribution in [2.24, 2.45) is 5.92 Å². The van der Waals surface area contributed by atoms with Gasteiger partial charge in [0, 0.05) is 14.1 Å². The Balaban J connectivity index is 2.65. The molecule has 1 saturated heterocycles. The van der Waals surface area contributed by atoms with Crippen molar-refractivity contribution < 1.29 is 9.90 Å². The Morgan fingerprint density at radius 1 is 1.43 bits per heavy atom. The first-order valence-electron chi connectivity index (χ1n) is 5.11. The third kappa shape index (κ3) is 2.25. The van der Waals surface area contributed by atoms with Gasteiger partial charge in [0.25, 0.3) is 0 Å². The molecule has 1 amide bonds. The summed E-state index contributed by atoms with van der Waals surface area (Å²) in [5.41, 5.74) is -0.813. The van der Waals surface area contributed by atoms with Crippen molar-refractivity contribution in [2.45, 2.75) is 25.4 Å². The highest BCUT2D eigenvalue weighted by molar-refractivity contribution is 5.79. The predicted octanol–water partition coefficient (Wildman–Crippen LogP) is -0.175. The zero-order chi connectivity index (χ0) is 10.8. The van der Waals surface area contributed by atoms with Gasteiger partial charge in [-0.3, -0.25) is 4.79 Å². The van der Waals surface area contributed by atoms with E-state index in [4.69, 9.17) is 0 Å². The number of carbonyl (C=O) groups is 1. The van der Waals surface area contributed by atoms with E-state index in [2.05, 4.69) is 5.32 Å². The first kappa shape index (κ1) is 11.5. The Hall–Kier alpha value is -0.610. The summed E-state index contributed by atoms with van der Waals surface area (Å²) in [6, 6.07) is 0. The van der Waals surface area contributed by atoms with E-state index in [0.717, 1.165) is 13.1 Å². The molecule has 4 heteroatoms. The Morgan fingerprint density at radius 2 is 1.93 bits per heavy atom. The van der Waals surface area contributed by atoms with E-state index in [1.165, 1.54) is 0 Å². The van der Waals surface area contributed by atoms with Crippen LogP contribution < -0.4 is 5.32 Å². The quantitative estimate of drug-likeness (QED) is 0.650. The minimum Gasteiger partial charge on any atom is -0.389 e. The van der Waals surface area contributed by atoms with E-state index in [0.29, 0.717) is 12.8 Å². The number of nitrogens with one attached hydrogen (secondary N) is 1. The molecule has 1 aliphatic rings. The summed E-state index contributed by atoms with van der Waals surface area (Å²) in [4.78, 5) is 13.2. The van der Waals surface area contributed by atoms with Crippen LogP contribution in [-0.4, -0.2) is 48.7 Å². The molecule has 4 nitrogen and oxygen atoms in total. The van der Waals surface area contributed by atoms with Crippen molar-refractivity contribution in [2.75, 3.05) is 27.2 Å². The van der Waals surface area contributed by atoms with Gasteiger partial charge in [-0.2, -0.15) is 0 Å². The number of hydrogen-bond acceptors (Lipinski definition) is 3. The van der Waals surface area contributed by atoms with Crippen molar-refractivity contribution in [1.82, 2.24) is 10.2 Å². The molecule has 14 heavy (non-hydrogen) atoms. The van der Waals surface area contributed by atoms with Crippen LogP contribution in [0.2, 0.25) is 0 Å². The Labute approximate surface area is 85.3 Å². The molecule has 0 radical (unpaired) electrons. The van der Waals surface area contributed by atoms with Crippen molar-refractivity contribution >= 4 is 5.91 Å². The molecular weight excluding hydrogens is 180 g/mol. The monoisotopic (exact) mass is 200 g/mol. The SMILES string of the molecule is CC(C(=O)N(C)C)C1(O)CCNCC1. The second kappa shape index (κ2) is 4.28. The van der Waals surface area contributed by atoms with Gasteiger partial charge >= 0.3 is 0 Å². The maximum Gasteiger partial charge on any atom is 0.227 e. The lowest BCUT2D eigenvalue weighted by molar-refractivity contribution is -0.143. The van der Waals surface area contributed by atoms with Crippen molar-refractivity contribution in [3.8, 4) is 0 Å². The fourth-order valence-corrected chi connectivity index (χ4v) is 1.91. The number of aliphatic hydroxyl groups is 1. The van der Waals surface area contributed by atoms with Crippen LogP contribution >= 0.6 is 0 Å². The van der Waals surface area contributed by atoms with Crippen molar-refractivity contribution in [3.63, 3.8) is 0 Å². The van der Waals surface area contributed by atoms with E-state index < -0.39 is 5.60 Å². The van der Waals surface area contributed by atoms with Gasteiger partial charge in [0.1, 0.15) is 0 Å². The summed E-state index contributed by atoms with van der Waals surface area (Å²) in [6.07, 6.45) is 1.32. The zero-order valence-corrected chi connectivity index (χ0v) is 9.21. The van der Waals surface area contributed by atoms with Crippen molar-refractivity contribution in [3.05, 3.63) is 0 Å². The molecule has 0 aromatic rings. The second-order valence-electron chi connectivity index (χ2n) is 4.31. The van der Waals surface area contributed by atoms with E-state index in [1.54, 1.807) is 19.0 Å². The van der Waals surface area contributed by atoms with Gasteiger partial charge in [0.05, 0.1) is 11.5 Å². The van der Waals surface area contributed by atoms with E-state index >= 15 is 0 Å². The molecule has 0 spiro atoms. The number of nitrogens with zero attached hydrogens (tertiary/aromatic N) is 1. The van der Waals surface area contributed by atoms with Crippen LogP contribution in [0.3, 0.4) is 0 Å². The molecule has 1 aliphatic heterocycles. The van der Waals surface area contributed by atoms with Crippen LogP contribution in [0, 0.1) is 5.92 Å². The number of rotatable bonds is 2. The van der Waals surface area contributed by atoms with Gasteiger partial charge in [-0.1, -0.05) is 6.92 Å². The Bertz CT molecular complexity index is 210. The molecule has 0 saturated carbocycles. The molecule has 1 atom stereocenters. The molecule has 82 valence electrons. The summed E-state index contributed by atoms with van der Waals surface area (Å²) < 4.78 is 0. The highest BCUT2D eigenvalue weighted by Gasteiger charge is 2.39. The molecule has 0 aliphatic carbocycles. The normalized spacial score (nSPS) is 22.9. The molecular formula is C10H20N2O2. The number of amides is 1. The minimum absolute atomic E-state index is 0.00870. The lowest BCUT2D eigenvalue weighted by Crippen LogP contribution is -2.51. The fourth-order valence-electron chi connectivity index (χ4n) is 1.91.